The molecule has 166 valence electrons. The summed E-state index contributed by atoms with van der Waals surface area (Å²) in [5.74, 6) is 1.25. The lowest BCUT2D eigenvalue weighted by Gasteiger charge is -2.21. The Balaban J connectivity index is 1.26. The lowest BCUT2D eigenvalue weighted by Crippen LogP contribution is -2.42. The number of carbonyl (C=O) groups excluding carboxylic acids is 2. The van der Waals surface area contributed by atoms with Gasteiger partial charge in [0.2, 0.25) is 17.6 Å². The minimum atomic E-state index is -0.265. The molecule has 2 amide bonds. The second kappa shape index (κ2) is 10.6. The third-order valence-electron chi connectivity index (χ3n) is 6.43. The molecule has 2 saturated carbocycles. The Kier molecular flexibility index (Phi) is 7.33. The van der Waals surface area contributed by atoms with Gasteiger partial charge in [-0.3, -0.25) is 9.59 Å². The molecule has 0 unspecified atom stereocenters. The SMILES string of the molecule is O=C(CNC(=O)c1ccc(-c2noc(C3CCCC3)n2)cc1)NC1CCCCCCC1. The molecule has 4 rings (SSSR count). The van der Waals surface area contributed by atoms with Gasteiger partial charge in [-0.05, 0) is 37.8 Å². The summed E-state index contributed by atoms with van der Waals surface area (Å²) in [7, 11) is 0. The van der Waals surface area contributed by atoms with Gasteiger partial charge in [0.05, 0.1) is 6.54 Å². The number of aromatic nitrogens is 2. The van der Waals surface area contributed by atoms with Gasteiger partial charge in [0, 0.05) is 23.1 Å². The maximum Gasteiger partial charge on any atom is 0.251 e. The van der Waals surface area contributed by atoms with Crippen molar-refractivity contribution < 1.29 is 14.1 Å². The summed E-state index contributed by atoms with van der Waals surface area (Å²) >= 11 is 0. The molecule has 2 aliphatic carbocycles. The minimum Gasteiger partial charge on any atom is -0.352 e. The molecular weight excluding hydrogens is 392 g/mol. The van der Waals surface area contributed by atoms with E-state index in [0.717, 1.165) is 44.1 Å². The molecule has 0 bridgehead atoms. The van der Waals surface area contributed by atoms with Crippen molar-refractivity contribution >= 4 is 11.8 Å². The van der Waals surface area contributed by atoms with Gasteiger partial charge in [0.25, 0.3) is 5.91 Å². The number of nitrogens with one attached hydrogen (secondary N) is 2. The smallest absolute Gasteiger partial charge is 0.251 e. The average molecular weight is 425 g/mol. The summed E-state index contributed by atoms with van der Waals surface area (Å²) in [4.78, 5) is 29.2. The maximum absolute atomic E-state index is 12.4. The highest BCUT2D eigenvalue weighted by Gasteiger charge is 2.23. The van der Waals surface area contributed by atoms with Crippen molar-refractivity contribution in [2.24, 2.45) is 0 Å². The van der Waals surface area contributed by atoms with Crippen LogP contribution < -0.4 is 10.6 Å². The molecule has 1 aromatic heterocycles. The molecule has 1 aromatic carbocycles. The quantitative estimate of drug-likeness (QED) is 0.718. The standard InChI is InChI=1S/C24H32N4O3/c29-21(26-20-10-4-2-1-3-5-11-20)16-25-23(30)18-14-12-17(13-15-18)22-27-24(31-28-22)19-8-6-7-9-19/h12-15,19-20H,1-11,16H2,(H,25,30)(H,26,29). The molecule has 0 radical (unpaired) electrons. The van der Waals surface area contributed by atoms with Gasteiger partial charge >= 0.3 is 0 Å². The van der Waals surface area contributed by atoms with E-state index in [1.54, 1.807) is 12.1 Å². The molecule has 31 heavy (non-hydrogen) atoms. The van der Waals surface area contributed by atoms with Gasteiger partial charge in [-0.2, -0.15) is 4.98 Å². The monoisotopic (exact) mass is 424 g/mol. The van der Waals surface area contributed by atoms with Gasteiger partial charge in [-0.15, -0.1) is 0 Å². The van der Waals surface area contributed by atoms with Crippen molar-refractivity contribution in [1.29, 1.82) is 0 Å². The molecule has 7 nitrogen and oxygen atoms in total. The van der Waals surface area contributed by atoms with Crippen molar-refractivity contribution in [3.8, 4) is 11.4 Å². The van der Waals surface area contributed by atoms with E-state index in [9.17, 15) is 9.59 Å². The molecule has 1 heterocycles. The Hall–Kier alpha value is -2.70. The highest BCUT2D eigenvalue weighted by molar-refractivity contribution is 5.96. The van der Waals surface area contributed by atoms with Crippen LogP contribution in [0.3, 0.4) is 0 Å². The van der Waals surface area contributed by atoms with Crippen LogP contribution in [0.2, 0.25) is 0 Å². The lowest BCUT2D eigenvalue weighted by molar-refractivity contribution is -0.120. The Morgan fingerprint density at radius 2 is 1.55 bits per heavy atom. The number of amides is 2. The van der Waals surface area contributed by atoms with E-state index >= 15 is 0 Å². The minimum absolute atomic E-state index is 0.00727. The van der Waals surface area contributed by atoms with Crippen LogP contribution in [-0.2, 0) is 4.79 Å². The van der Waals surface area contributed by atoms with E-state index in [4.69, 9.17) is 4.52 Å². The number of hydrogen-bond acceptors (Lipinski definition) is 5. The third-order valence-corrected chi connectivity index (χ3v) is 6.43. The number of carbonyl (C=O) groups is 2. The first-order chi connectivity index (χ1) is 15.2. The van der Waals surface area contributed by atoms with E-state index in [0.29, 0.717) is 23.2 Å². The fraction of sp³-hybridized carbons (Fsp3) is 0.583. The lowest BCUT2D eigenvalue weighted by atomic mass is 9.97. The normalized spacial score (nSPS) is 18.3. The predicted molar refractivity (Wildman–Crippen MR) is 118 cm³/mol. The molecule has 7 heteroatoms. The van der Waals surface area contributed by atoms with Gasteiger partial charge in [0.1, 0.15) is 0 Å². The van der Waals surface area contributed by atoms with Crippen LogP contribution in [-0.4, -0.2) is 34.5 Å². The highest BCUT2D eigenvalue weighted by Crippen LogP contribution is 2.33. The van der Waals surface area contributed by atoms with E-state index < -0.39 is 0 Å². The van der Waals surface area contributed by atoms with Crippen molar-refractivity contribution in [3.05, 3.63) is 35.7 Å². The summed E-state index contributed by atoms with van der Waals surface area (Å²) in [5, 5.41) is 9.88. The average Bonchev–Trinajstić information content (AvgIpc) is 3.46. The molecule has 0 spiro atoms. The Morgan fingerprint density at radius 1 is 0.903 bits per heavy atom. The zero-order valence-corrected chi connectivity index (χ0v) is 18.1. The Labute approximate surface area is 183 Å². The molecule has 2 fully saturated rings. The summed E-state index contributed by atoms with van der Waals surface area (Å²) in [6, 6.07) is 7.30. The number of rotatable bonds is 6. The Bertz CT molecular complexity index is 863. The van der Waals surface area contributed by atoms with Gasteiger partial charge < -0.3 is 15.2 Å². The largest absolute Gasteiger partial charge is 0.352 e. The summed E-state index contributed by atoms with van der Waals surface area (Å²) < 4.78 is 5.44. The van der Waals surface area contributed by atoms with E-state index in [1.165, 1.54) is 32.1 Å². The first-order valence-electron chi connectivity index (χ1n) is 11.7. The molecule has 0 saturated heterocycles. The van der Waals surface area contributed by atoms with Crippen LogP contribution in [0.25, 0.3) is 11.4 Å². The van der Waals surface area contributed by atoms with Crippen LogP contribution >= 0.6 is 0 Å². The third kappa shape index (κ3) is 5.93. The van der Waals surface area contributed by atoms with Crippen molar-refractivity contribution in [2.75, 3.05) is 6.54 Å². The fourth-order valence-electron chi connectivity index (χ4n) is 4.60. The molecule has 0 atom stereocenters. The van der Waals surface area contributed by atoms with Crippen molar-refractivity contribution in [2.45, 2.75) is 82.6 Å². The molecular formula is C24H32N4O3. The topological polar surface area (TPSA) is 97.1 Å². The second-order valence-electron chi connectivity index (χ2n) is 8.81. The van der Waals surface area contributed by atoms with E-state index in [2.05, 4.69) is 20.8 Å². The Morgan fingerprint density at radius 3 is 2.26 bits per heavy atom. The van der Waals surface area contributed by atoms with Gasteiger partial charge in [-0.1, -0.05) is 62.2 Å². The van der Waals surface area contributed by atoms with Crippen LogP contribution in [0.4, 0.5) is 0 Å². The van der Waals surface area contributed by atoms with E-state index in [1.807, 2.05) is 12.1 Å². The number of hydrogen-bond donors (Lipinski definition) is 2. The van der Waals surface area contributed by atoms with Crippen LogP contribution in [0.5, 0.6) is 0 Å². The maximum atomic E-state index is 12.4. The molecule has 2 aromatic rings. The first kappa shape index (κ1) is 21.5. The second-order valence-corrected chi connectivity index (χ2v) is 8.81. The predicted octanol–water partition coefficient (Wildman–Crippen LogP) is 4.35. The summed E-state index contributed by atoms with van der Waals surface area (Å²) in [6.45, 7) is -0.00727. The molecule has 0 aliphatic heterocycles. The van der Waals surface area contributed by atoms with Crippen LogP contribution in [0, 0.1) is 0 Å². The summed E-state index contributed by atoms with van der Waals surface area (Å²) in [6.07, 6.45) is 12.8. The first-order valence-corrected chi connectivity index (χ1v) is 11.7. The zero-order chi connectivity index (χ0) is 21.5. The fourth-order valence-corrected chi connectivity index (χ4v) is 4.60. The van der Waals surface area contributed by atoms with Crippen molar-refractivity contribution in [1.82, 2.24) is 20.8 Å². The molecule has 2 aliphatic rings. The zero-order valence-electron chi connectivity index (χ0n) is 18.1. The number of nitrogens with zero attached hydrogens (tertiary/aromatic N) is 2. The van der Waals surface area contributed by atoms with Gasteiger partial charge in [-0.25, -0.2) is 0 Å². The van der Waals surface area contributed by atoms with Crippen LogP contribution in [0.15, 0.2) is 28.8 Å². The van der Waals surface area contributed by atoms with Crippen LogP contribution in [0.1, 0.15) is 92.8 Å². The van der Waals surface area contributed by atoms with E-state index in [-0.39, 0.29) is 24.4 Å². The van der Waals surface area contributed by atoms with Crippen molar-refractivity contribution in [3.63, 3.8) is 0 Å². The summed E-state index contributed by atoms with van der Waals surface area (Å²) in [5.41, 5.74) is 1.31. The van der Waals surface area contributed by atoms with Gasteiger partial charge in [0.15, 0.2) is 0 Å². The number of benzene rings is 1. The molecule has 2 N–H and O–H groups in total. The highest BCUT2D eigenvalue weighted by atomic mass is 16.5.